The number of amides is 1. The van der Waals surface area contributed by atoms with E-state index < -0.39 is 0 Å². The van der Waals surface area contributed by atoms with Gasteiger partial charge in [0.15, 0.2) is 0 Å². The summed E-state index contributed by atoms with van der Waals surface area (Å²) in [6.45, 7) is 2.68. The summed E-state index contributed by atoms with van der Waals surface area (Å²) in [4.78, 5) is 13.1. The first-order valence-electron chi connectivity index (χ1n) is 10.3. The topological polar surface area (TPSA) is 29.1 Å². The van der Waals surface area contributed by atoms with Gasteiger partial charge in [-0.3, -0.25) is 4.79 Å². The molecule has 0 aliphatic heterocycles. The molecule has 0 aromatic heterocycles. The Morgan fingerprint density at radius 1 is 0.774 bits per heavy atom. The fourth-order valence-electron chi connectivity index (χ4n) is 4.01. The minimum absolute atomic E-state index is 0.0703. The number of hydrogen-bond acceptors (Lipinski definition) is 1. The third-order valence-corrected chi connectivity index (χ3v) is 6.32. The summed E-state index contributed by atoms with van der Waals surface area (Å²) in [5.41, 5.74) is 2.99. The normalized spacial score (nSPS) is 13.0. The van der Waals surface area contributed by atoms with Crippen molar-refractivity contribution in [1.29, 1.82) is 0 Å². The van der Waals surface area contributed by atoms with Crippen molar-refractivity contribution in [2.24, 2.45) is 0 Å². The second-order valence-corrected chi connectivity index (χ2v) is 8.61. The van der Waals surface area contributed by atoms with Gasteiger partial charge in [-0.1, -0.05) is 90.8 Å². The molecular weight excluding hydrogens is 425 g/mol. The Bertz CT molecular complexity index is 1180. The lowest BCUT2D eigenvalue weighted by atomic mass is 9.82. The van der Waals surface area contributed by atoms with Crippen LogP contribution in [0, 0.1) is 0 Å². The van der Waals surface area contributed by atoms with E-state index in [1.807, 2.05) is 91.0 Å². The van der Waals surface area contributed by atoms with Crippen LogP contribution in [0.1, 0.15) is 40.2 Å². The largest absolute Gasteiger partial charge is 0.351 e. The molecule has 1 N–H and O–H groups in total. The second kappa shape index (κ2) is 9.55. The third-order valence-electron chi connectivity index (χ3n) is 5.81. The van der Waals surface area contributed by atoms with Gasteiger partial charge in [-0.05, 0) is 58.1 Å². The molecule has 0 bridgehead atoms. The van der Waals surface area contributed by atoms with Crippen molar-refractivity contribution in [2.45, 2.75) is 18.8 Å². The summed E-state index contributed by atoms with van der Waals surface area (Å²) in [6, 6.07) is 29.5. The molecule has 0 spiro atoms. The van der Waals surface area contributed by atoms with Crippen LogP contribution in [0.25, 0.3) is 10.8 Å². The van der Waals surface area contributed by atoms with E-state index in [1.165, 1.54) is 5.56 Å². The molecule has 4 rings (SSSR count). The van der Waals surface area contributed by atoms with E-state index in [9.17, 15) is 4.79 Å². The molecule has 1 amide bonds. The monoisotopic (exact) mass is 447 g/mol. The van der Waals surface area contributed by atoms with E-state index in [2.05, 4.69) is 12.2 Å². The van der Waals surface area contributed by atoms with Crippen molar-refractivity contribution >= 4 is 39.9 Å². The van der Waals surface area contributed by atoms with Gasteiger partial charge in [-0.2, -0.15) is 0 Å². The van der Waals surface area contributed by atoms with E-state index in [4.69, 9.17) is 23.2 Å². The summed E-state index contributed by atoms with van der Waals surface area (Å²) in [6.07, 6.45) is 0. The molecule has 0 aliphatic rings. The van der Waals surface area contributed by atoms with Crippen molar-refractivity contribution in [3.05, 3.63) is 118 Å². The van der Waals surface area contributed by atoms with E-state index in [0.29, 0.717) is 22.2 Å². The smallest absolute Gasteiger partial charge is 0.251 e. The minimum Gasteiger partial charge on any atom is -0.351 e. The van der Waals surface area contributed by atoms with Crippen LogP contribution in [0.5, 0.6) is 0 Å². The first kappa shape index (κ1) is 21.4. The van der Waals surface area contributed by atoms with Crippen molar-refractivity contribution in [2.75, 3.05) is 6.54 Å². The zero-order valence-corrected chi connectivity index (χ0v) is 18.7. The zero-order valence-electron chi connectivity index (χ0n) is 17.2. The van der Waals surface area contributed by atoms with Gasteiger partial charge in [0.25, 0.3) is 5.91 Å². The van der Waals surface area contributed by atoms with Crippen molar-refractivity contribution < 1.29 is 4.79 Å². The summed E-state index contributed by atoms with van der Waals surface area (Å²) in [5.74, 6) is 0.183. The van der Waals surface area contributed by atoms with Gasteiger partial charge in [-0.15, -0.1) is 0 Å². The van der Waals surface area contributed by atoms with Crippen LogP contribution < -0.4 is 5.32 Å². The number of rotatable bonds is 6. The molecule has 4 aromatic carbocycles. The van der Waals surface area contributed by atoms with Crippen LogP contribution in [0.3, 0.4) is 0 Å². The average Bonchev–Trinajstić information content (AvgIpc) is 2.80. The molecule has 0 heterocycles. The Hall–Kier alpha value is -2.81. The molecule has 2 nitrogen and oxygen atoms in total. The Morgan fingerprint density at radius 2 is 1.35 bits per heavy atom. The molecule has 2 unspecified atom stereocenters. The van der Waals surface area contributed by atoms with Gasteiger partial charge in [0.2, 0.25) is 0 Å². The highest BCUT2D eigenvalue weighted by atomic mass is 35.5. The van der Waals surface area contributed by atoms with E-state index >= 15 is 0 Å². The minimum atomic E-state index is -0.0703. The first-order valence-corrected chi connectivity index (χ1v) is 11.1. The molecule has 31 heavy (non-hydrogen) atoms. The van der Waals surface area contributed by atoms with Crippen LogP contribution in [0.2, 0.25) is 10.0 Å². The fourth-order valence-corrected chi connectivity index (χ4v) is 4.27. The number of benzene rings is 4. The van der Waals surface area contributed by atoms with Crippen LogP contribution >= 0.6 is 23.2 Å². The summed E-state index contributed by atoms with van der Waals surface area (Å²) in [5, 5.41) is 6.58. The highest BCUT2D eigenvalue weighted by Gasteiger charge is 2.22. The summed E-state index contributed by atoms with van der Waals surface area (Å²) >= 11 is 12.2. The molecule has 0 radical (unpaired) electrons. The van der Waals surface area contributed by atoms with E-state index in [0.717, 1.165) is 16.3 Å². The molecule has 0 saturated heterocycles. The molecule has 2 atom stereocenters. The van der Waals surface area contributed by atoms with Crippen molar-refractivity contribution in [1.82, 2.24) is 5.32 Å². The number of nitrogens with one attached hydrogen (secondary N) is 1. The predicted octanol–water partition coefficient (Wildman–Crippen LogP) is 7.46. The zero-order chi connectivity index (χ0) is 21.8. The Kier molecular flexibility index (Phi) is 6.60. The summed E-state index contributed by atoms with van der Waals surface area (Å²) < 4.78 is 0. The van der Waals surface area contributed by atoms with Crippen molar-refractivity contribution in [3.8, 4) is 0 Å². The number of hydrogen-bond donors (Lipinski definition) is 1. The Balaban J connectivity index is 1.60. The maximum Gasteiger partial charge on any atom is 0.251 e. The number of carbonyl (C=O) groups is 1. The highest BCUT2D eigenvalue weighted by Crippen LogP contribution is 2.33. The third kappa shape index (κ3) is 4.92. The van der Waals surface area contributed by atoms with Gasteiger partial charge >= 0.3 is 0 Å². The molecular formula is C27H23Cl2NO. The van der Waals surface area contributed by atoms with Crippen LogP contribution in [0.4, 0.5) is 0 Å². The SMILES string of the molecule is CC(c1ccc(Cl)cc1)C(CNC(=O)c1cccc2ccccc12)c1ccc(Cl)cc1. The van der Waals surface area contributed by atoms with Crippen LogP contribution in [-0.4, -0.2) is 12.5 Å². The van der Waals surface area contributed by atoms with Gasteiger partial charge in [0.05, 0.1) is 0 Å². The molecule has 0 saturated carbocycles. The molecule has 0 aliphatic carbocycles. The predicted molar refractivity (Wildman–Crippen MR) is 130 cm³/mol. The maximum absolute atomic E-state index is 13.1. The highest BCUT2D eigenvalue weighted by molar-refractivity contribution is 6.30. The van der Waals surface area contributed by atoms with Gasteiger partial charge in [-0.25, -0.2) is 0 Å². The molecule has 4 heteroatoms. The molecule has 156 valence electrons. The van der Waals surface area contributed by atoms with Gasteiger partial charge in [0.1, 0.15) is 0 Å². The second-order valence-electron chi connectivity index (χ2n) is 7.74. The van der Waals surface area contributed by atoms with E-state index in [1.54, 1.807) is 0 Å². The Morgan fingerprint density at radius 3 is 2.03 bits per heavy atom. The number of halogens is 2. The van der Waals surface area contributed by atoms with Gasteiger partial charge < -0.3 is 5.32 Å². The quantitative estimate of drug-likeness (QED) is 0.326. The van der Waals surface area contributed by atoms with E-state index in [-0.39, 0.29) is 17.7 Å². The number of carbonyl (C=O) groups excluding carboxylic acids is 1. The summed E-state index contributed by atoms with van der Waals surface area (Å²) in [7, 11) is 0. The van der Waals surface area contributed by atoms with Crippen LogP contribution in [0.15, 0.2) is 91.0 Å². The standard InChI is InChI=1S/C27H23Cl2NO/c1-18(19-9-13-22(28)14-10-19)26(21-11-15-23(29)16-12-21)17-30-27(31)25-8-4-6-20-5-2-3-7-24(20)25/h2-16,18,26H,17H2,1H3,(H,30,31). The molecule has 0 fully saturated rings. The Labute approximate surface area is 192 Å². The fraction of sp³-hybridized carbons (Fsp3) is 0.148. The lowest BCUT2D eigenvalue weighted by molar-refractivity contribution is 0.0952. The molecule has 4 aromatic rings. The number of fused-ring (bicyclic) bond motifs is 1. The lowest BCUT2D eigenvalue weighted by Crippen LogP contribution is -2.30. The van der Waals surface area contributed by atoms with Crippen molar-refractivity contribution in [3.63, 3.8) is 0 Å². The van der Waals surface area contributed by atoms with Gasteiger partial charge in [0, 0.05) is 28.1 Å². The maximum atomic E-state index is 13.1. The first-order chi connectivity index (χ1) is 15.0. The average molecular weight is 448 g/mol. The van der Waals surface area contributed by atoms with Crippen LogP contribution in [-0.2, 0) is 0 Å². The lowest BCUT2D eigenvalue weighted by Gasteiger charge is -2.26.